The van der Waals surface area contributed by atoms with Crippen LogP contribution in [0.1, 0.15) is 32.4 Å². The molecule has 0 aliphatic carbocycles. The van der Waals surface area contributed by atoms with Crippen molar-refractivity contribution in [1.29, 1.82) is 0 Å². The van der Waals surface area contributed by atoms with Crippen LogP contribution >= 0.6 is 0 Å². The Morgan fingerprint density at radius 3 is 2.42 bits per heavy atom. The number of aliphatic hydroxyl groups excluding tert-OH is 1. The number of anilines is 1. The van der Waals surface area contributed by atoms with Crippen LogP contribution in [0.3, 0.4) is 0 Å². The minimum absolute atomic E-state index is 0.01000. The van der Waals surface area contributed by atoms with Crippen molar-refractivity contribution >= 4 is 16.6 Å². The highest BCUT2D eigenvalue weighted by molar-refractivity contribution is 5.92. The Balaban J connectivity index is 2.54. The maximum Gasteiger partial charge on any atom is 0.136 e. The molecule has 0 aliphatic heterocycles. The number of aliphatic hydroxyl groups is 1. The SMILES string of the molecule is CCCN(CCC)c1nc(CO)cc2ccccc12. The van der Waals surface area contributed by atoms with E-state index in [1.54, 1.807) is 0 Å². The number of fused-ring (bicyclic) bond motifs is 1. The zero-order chi connectivity index (χ0) is 13.7. The molecular formula is C16H22N2O. The van der Waals surface area contributed by atoms with E-state index in [9.17, 15) is 5.11 Å². The molecule has 0 spiro atoms. The van der Waals surface area contributed by atoms with Crippen LogP contribution in [0, 0.1) is 0 Å². The summed E-state index contributed by atoms with van der Waals surface area (Å²) in [5, 5.41) is 11.7. The summed E-state index contributed by atoms with van der Waals surface area (Å²) in [6.45, 7) is 6.35. The summed E-state index contributed by atoms with van der Waals surface area (Å²) < 4.78 is 0. The molecule has 0 radical (unpaired) electrons. The fraction of sp³-hybridized carbons (Fsp3) is 0.438. The van der Waals surface area contributed by atoms with Gasteiger partial charge in [0.15, 0.2) is 0 Å². The van der Waals surface area contributed by atoms with Crippen molar-refractivity contribution in [3.05, 3.63) is 36.0 Å². The lowest BCUT2D eigenvalue weighted by atomic mass is 10.1. The molecule has 0 saturated carbocycles. The van der Waals surface area contributed by atoms with Crippen molar-refractivity contribution in [2.45, 2.75) is 33.3 Å². The van der Waals surface area contributed by atoms with E-state index in [0.29, 0.717) is 0 Å². The van der Waals surface area contributed by atoms with Crippen molar-refractivity contribution in [3.63, 3.8) is 0 Å². The first kappa shape index (κ1) is 13.8. The summed E-state index contributed by atoms with van der Waals surface area (Å²) >= 11 is 0. The molecule has 2 aromatic rings. The van der Waals surface area contributed by atoms with E-state index >= 15 is 0 Å². The number of hydrogen-bond acceptors (Lipinski definition) is 3. The molecule has 2 rings (SSSR count). The molecule has 0 unspecified atom stereocenters. The summed E-state index contributed by atoms with van der Waals surface area (Å²) in [5.41, 5.74) is 0.742. The average Bonchev–Trinajstić information content (AvgIpc) is 2.46. The van der Waals surface area contributed by atoms with Crippen molar-refractivity contribution < 1.29 is 5.11 Å². The topological polar surface area (TPSA) is 36.4 Å². The summed E-state index contributed by atoms with van der Waals surface area (Å²) in [6.07, 6.45) is 2.19. The summed E-state index contributed by atoms with van der Waals surface area (Å²) in [5.74, 6) is 1.01. The Hall–Kier alpha value is -1.61. The zero-order valence-electron chi connectivity index (χ0n) is 11.8. The molecule has 3 heteroatoms. The van der Waals surface area contributed by atoms with Gasteiger partial charge in [0.25, 0.3) is 0 Å². The second kappa shape index (κ2) is 6.53. The van der Waals surface area contributed by atoms with Crippen molar-refractivity contribution in [2.75, 3.05) is 18.0 Å². The number of aromatic nitrogens is 1. The molecule has 0 saturated heterocycles. The number of rotatable bonds is 6. The van der Waals surface area contributed by atoms with Gasteiger partial charge in [0.05, 0.1) is 12.3 Å². The molecule has 1 heterocycles. The Bertz CT molecular complexity index is 533. The van der Waals surface area contributed by atoms with Crippen LogP contribution in [0.25, 0.3) is 10.8 Å². The predicted molar refractivity (Wildman–Crippen MR) is 80.5 cm³/mol. The van der Waals surface area contributed by atoms with Gasteiger partial charge in [0.2, 0.25) is 0 Å². The van der Waals surface area contributed by atoms with Crippen molar-refractivity contribution in [3.8, 4) is 0 Å². The van der Waals surface area contributed by atoms with E-state index in [4.69, 9.17) is 0 Å². The number of hydrogen-bond donors (Lipinski definition) is 1. The maximum atomic E-state index is 9.38. The Labute approximate surface area is 114 Å². The molecule has 0 bridgehead atoms. The lowest BCUT2D eigenvalue weighted by Crippen LogP contribution is -2.26. The second-order valence-corrected chi connectivity index (χ2v) is 4.80. The second-order valence-electron chi connectivity index (χ2n) is 4.80. The molecule has 1 aromatic heterocycles. The van der Waals surface area contributed by atoms with Crippen LogP contribution in [0.15, 0.2) is 30.3 Å². The molecule has 3 nitrogen and oxygen atoms in total. The molecule has 102 valence electrons. The Kier molecular flexibility index (Phi) is 4.74. The van der Waals surface area contributed by atoms with E-state index in [1.807, 2.05) is 18.2 Å². The molecular weight excluding hydrogens is 236 g/mol. The standard InChI is InChI=1S/C16H22N2O/c1-3-9-18(10-4-2)16-15-8-6-5-7-13(15)11-14(12-19)17-16/h5-8,11,19H,3-4,9-10,12H2,1-2H3. The van der Waals surface area contributed by atoms with Crippen LogP contribution in [-0.2, 0) is 6.61 Å². The normalized spacial score (nSPS) is 10.9. The van der Waals surface area contributed by atoms with E-state index in [1.165, 1.54) is 5.39 Å². The van der Waals surface area contributed by atoms with Gasteiger partial charge < -0.3 is 10.0 Å². The first-order valence-electron chi connectivity index (χ1n) is 7.04. The maximum absolute atomic E-state index is 9.38. The minimum Gasteiger partial charge on any atom is -0.390 e. The van der Waals surface area contributed by atoms with Crippen LogP contribution in [0.2, 0.25) is 0 Å². The summed E-state index contributed by atoms with van der Waals surface area (Å²) in [6, 6.07) is 10.2. The Morgan fingerprint density at radius 2 is 1.79 bits per heavy atom. The average molecular weight is 258 g/mol. The molecule has 0 aliphatic rings. The fourth-order valence-corrected chi connectivity index (χ4v) is 2.42. The highest BCUT2D eigenvalue weighted by Gasteiger charge is 2.11. The molecule has 1 N–H and O–H groups in total. The van der Waals surface area contributed by atoms with Gasteiger partial charge in [-0.3, -0.25) is 0 Å². The van der Waals surface area contributed by atoms with Crippen LogP contribution in [0.5, 0.6) is 0 Å². The molecule has 1 aromatic carbocycles. The van der Waals surface area contributed by atoms with Crippen molar-refractivity contribution in [2.24, 2.45) is 0 Å². The van der Waals surface area contributed by atoms with E-state index in [0.717, 1.165) is 42.8 Å². The Morgan fingerprint density at radius 1 is 1.11 bits per heavy atom. The van der Waals surface area contributed by atoms with Gasteiger partial charge in [-0.05, 0) is 24.3 Å². The highest BCUT2D eigenvalue weighted by atomic mass is 16.3. The van der Waals surface area contributed by atoms with Gasteiger partial charge in [0.1, 0.15) is 5.82 Å². The van der Waals surface area contributed by atoms with Gasteiger partial charge >= 0.3 is 0 Å². The van der Waals surface area contributed by atoms with E-state index in [2.05, 4.69) is 35.9 Å². The first-order chi connectivity index (χ1) is 9.30. The van der Waals surface area contributed by atoms with Crippen molar-refractivity contribution in [1.82, 2.24) is 4.98 Å². The third-order valence-electron chi connectivity index (χ3n) is 3.22. The third-order valence-corrected chi connectivity index (χ3v) is 3.22. The molecule has 19 heavy (non-hydrogen) atoms. The van der Waals surface area contributed by atoms with Crippen LogP contribution in [-0.4, -0.2) is 23.2 Å². The van der Waals surface area contributed by atoms with Gasteiger partial charge in [-0.15, -0.1) is 0 Å². The molecule has 0 amide bonds. The van der Waals surface area contributed by atoms with Gasteiger partial charge in [-0.1, -0.05) is 38.1 Å². The number of benzene rings is 1. The fourth-order valence-electron chi connectivity index (χ4n) is 2.42. The summed E-state index contributed by atoms with van der Waals surface area (Å²) in [7, 11) is 0. The number of pyridine rings is 1. The largest absolute Gasteiger partial charge is 0.390 e. The van der Waals surface area contributed by atoms with Gasteiger partial charge in [-0.25, -0.2) is 4.98 Å². The molecule has 0 fully saturated rings. The predicted octanol–water partition coefficient (Wildman–Crippen LogP) is 3.35. The van der Waals surface area contributed by atoms with Crippen LogP contribution in [0.4, 0.5) is 5.82 Å². The van der Waals surface area contributed by atoms with E-state index < -0.39 is 0 Å². The highest BCUT2D eigenvalue weighted by Crippen LogP contribution is 2.26. The quantitative estimate of drug-likeness (QED) is 0.863. The minimum atomic E-state index is -0.01000. The lowest BCUT2D eigenvalue weighted by molar-refractivity contribution is 0.277. The smallest absolute Gasteiger partial charge is 0.136 e. The summed E-state index contributed by atoms with van der Waals surface area (Å²) in [4.78, 5) is 6.95. The van der Waals surface area contributed by atoms with Gasteiger partial charge in [0, 0.05) is 18.5 Å². The number of nitrogens with zero attached hydrogens (tertiary/aromatic N) is 2. The lowest BCUT2D eigenvalue weighted by Gasteiger charge is -2.24. The van der Waals surface area contributed by atoms with Crippen LogP contribution < -0.4 is 4.90 Å². The molecule has 0 atom stereocenters. The first-order valence-corrected chi connectivity index (χ1v) is 7.04. The van der Waals surface area contributed by atoms with E-state index in [-0.39, 0.29) is 6.61 Å². The zero-order valence-corrected chi connectivity index (χ0v) is 11.8. The van der Waals surface area contributed by atoms with Gasteiger partial charge in [-0.2, -0.15) is 0 Å². The monoisotopic (exact) mass is 258 g/mol. The third kappa shape index (κ3) is 3.04.